The molecule has 1 aromatic carbocycles. The summed E-state index contributed by atoms with van der Waals surface area (Å²) in [7, 11) is 2.00. The fraction of sp³-hybridized carbons (Fsp3) is 0.267. The Bertz CT molecular complexity index is 555. The van der Waals surface area contributed by atoms with Crippen molar-refractivity contribution >= 4 is 17.4 Å². The lowest BCUT2D eigenvalue weighted by atomic mass is 10.1. The van der Waals surface area contributed by atoms with Crippen molar-refractivity contribution < 1.29 is 0 Å². The van der Waals surface area contributed by atoms with Crippen LogP contribution in [0, 0.1) is 0 Å². The van der Waals surface area contributed by atoms with Gasteiger partial charge in [0.1, 0.15) is 5.82 Å². The molecule has 0 spiro atoms. The predicted molar refractivity (Wildman–Crippen MR) is 80.4 cm³/mol. The molecule has 0 aliphatic carbocycles. The minimum atomic E-state index is -0.0441. The summed E-state index contributed by atoms with van der Waals surface area (Å²) in [6, 6.07) is 11.7. The molecule has 0 bridgehead atoms. The SMILES string of the molecule is C[C@H](N)c1cccnc1N(C)Cc1ccccc1Cl. The van der Waals surface area contributed by atoms with E-state index in [0.29, 0.717) is 6.54 Å². The number of nitrogens with zero attached hydrogens (tertiary/aromatic N) is 2. The van der Waals surface area contributed by atoms with E-state index in [9.17, 15) is 0 Å². The number of anilines is 1. The van der Waals surface area contributed by atoms with E-state index in [0.717, 1.165) is 22.0 Å². The van der Waals surface area contributed by atoms with Crippen molar-refractivity contribution in [1.82, 2.24) is 4.98 Å². The standard InChI is InChI=1S/C15H18ClN3/c1-11(17)13-7-5-9-18-15(13)19(2)10-12-6-3-4-8-14(12)16/h3-9,11H,10,17H2,1-2H3/t11-/m0/s1. The molecule has 0 amide bonds. The normalized spacial score (nSPS) is 12.2. The molecule has 0 saturated carbocycles. The number of pyridine rings is 1. The van der Waals surface area contributed by atoms with Gasteiger partial charge < -0.3 is 10.6 Å². The molecule has 3 nitrogen and oxygen atoms in total. The van der Waals surface area contributed by atoms with E-state index >= 15 is 0 Å². The summed E-state index contributed by atoms with van der Waals surface area (Å²) in [6.45, 7) is 2.67. The average molecular weight is 276 g/mol. The maximum atomic E-state index is 6.19. The number of halogens is 1. The second kappa shape index (κ2) is 6.04. The van der Waals surface area contributed by atoms with E-state index in [4.69, 9.17) is 17.3 Å². The lowest BCUT2D eigenvalue weighted by Crippen LogP contribution is -2.21. The van der Waals surface area contributed by atoms with Crippen LogP contribution < -0.4 is 10.6 Å². The highest BCUT2D eigenvalue weighted by Crippen LogP contribution is 2.24. The summed E-state index contributed by atoms with van der Waals surface area (Å²) in [5.74, 6) is 0.900. The molecule has 1 aromatic heterocycles. The van der Waals surface area contributed by atoms with Crippen LogP contribution >= 0.6 is 11.6 Å². The number of rotatable bonds is 4. The fourth-order valence-corrected chi connectivity index (χ4v) is 2.24. The Kier molecular flexibility index (Phi) is 4.40. The van der Waals surface area contributed by atoms with Gasteiger partial charge in [-0.25, -0.2) is 4.98 Å². The molecule has 19 heavy (non-hydrogen) atoms. The summed E-state index contributed by atoms with van der Waals surface area (Å²) in [5.41, 5.74) is 8.10. The van der Waals surface area contributed by atoms with Crippen LogP contribution in [0.2, 0.25) is 5.02 Å². The van der Waals surface area contributed by atoms with Crippen LogP contribution in [0.15, 0.2) is 42.6 Å². The highest BCUT2D eigenvalue weighted by molar-refractivity contribution is 6.31. The van der Waals surface area contributed by atoms with Gasteiger partial charge in [0.15, 0.2) is 0 Å². The largest absolute Gasteiger partial charge is 0.355 e. The van der Waals surface area contributed by atoms with Crippen LogP contribution in [0.1, 0.15) is 24.1 Å². The van der Waals surface area contributed by atoms with E-state index in [1.165, 1.54) is 0 Å². The van der Waals surface area contributed by atoms with Gasteiger partial charge >= 0.3 is 0 Å². The van der Waals surface area contributed by atoms with Crippen LogP contribution in [0.4, 0.5) is 5.82 Å². The average Bonchev–Trinajstić information content (AvgIpc) is 2.41. The summed E-state index contributed by atoms with van der Waals surface area (Å²) in [5, 5.41) is 0.771. The Labute approximate surface area is 119 Å². The zero-order chi connectivity index (χ0) is 13.8. The first-order valence-corrected chi connectivity index (χ1v) is 6.62. The molecule has 0 aliphatic heterocycles. The molecule has 0 fully saturated rings. The number of benzene rings is 1. The number of aromatic nitrogens is 1. The first kappa shape index (κ1) is 13.8. The van der Waals surface area contributed by atoms with Crippen molar-refractivity contribution in [2.45, 2.75) is 19.5 Å². The summed E-state index contributed by atoms with van der Waals surface area (Å²) < 4.78 is 0. The van der Waals surface area contributed by atoms with Crippen molar-refractivity contribution in [3.8, 4) is 0 Å². The molecule has 1 heterocycles. The third-order valence-corrected chi connectivity index (χ3v) is 3.40. The quantitative estimate of drug-likeness (QED) is 0.930. The van der Waals surface area contributed by atoms with E-state index < -0.39 is 0 Å². The zero-order valence-electron chi connectivity index (χ0n) is 11.2. The van der Waals surface area contributed by atoms with Gasteiger partial charge in [-0.1, -0.05) is 35.9 Å². The molecule has 0 saturated heterocycles. The zero-order valence-corrected chi connectivity index (χ0v) is 11.9. The van der Waals surface area contributed by atoms with E-state index in [1.54, 1.807) is 6.20 Å². The minimum absolute atomic E-state index is 0.0441. The van der Waals surface area contributed by atoms with Crippen molar-refractivity contribution in [3.05, 3.63) is 58.7 Å². The van der Waals surface area contributed by atoms with Crippen molar-refractivity contribution in [2.75, 3.05) is 11.9 Å². The molecule has 0 unspecified atom stereocenters. The van der Waals surface area contributed by atoms with Gasteiger partial charge in [-0.3, -0.25) is 0 Å². The Morgan fingerprint density at radius 1 is 1.26 bits per heavy atom. The molecular formula is C15H18ClN3. The highest BCUT2D eigenvalue weighted by atomic mass is 35.5. The Morgan fingerprint density at radius 2 is 2.00 bits per heavy atom. The van der Waals surface area contributed by atoms with Gasteiger partial charge in [-0.15, -0.1) is 0 Å². The summed E-state index contributed by atoms with van der Waals surface area (Å²) >= 11 is 6.19. The smallest absolute Gasteiger partial charge is 0.133 e. The molecule has 4 heteroatoms. The van der Waals surface area contributed by atoms with Crippen LogP contribution in [0.25, 0.3) is 0 Å². The van der Waals surface area contributed by atoms with Crippen LogP contribution in [0.5, 0.6) is 0 Å². The van der Waals surface area contributed by atoms with E-state index in [-0.39, 0.29) is 6.04 Å². The maximum Gasteiger partial charge on any atom is 0.133 e. The molecule has 2 aromatic rings. The predicted octanol–water partition coefficient (Wildman–Crippen LogP) is 3.39. The minimum Gasteiger partial charge on any atom is -0.355 e. The lowest BCUT2D eigenvalue weighted by Gasteiger charge is -2.23. The monoisotopic (exact) mass is 275 g/mol. The van der Waals surface area contributed by atoms with Gasteiger partial charge in [0.2, 0.25) is 0 Å². The van der Waals surface area contributed by atoms with E-state index in [1.807, 2.05) is 50.4 Å². The second-order valence-electron chi connectivity index (χ2n) is 4.65. The summed E-state index contributed by atoms with van der Waals surface area (Å²) in [4.78, 5) is 6.50. The van der Waals surface area contributed by atoms with Crippen molar-refractivity contribution in [3.63, 3.8) is 0 Å². The van der Waals surface area contributed by atoms with Crippen molar-refractivity contribution in [2.24, 2.45) is 5.73 Å². The molecule has 1 atom stereocenters. The number of hydrogen-bond acceptors (Lipinski definition) is 3. The van der Waals surface area contributed by atoms with Gasteiger partial charge in [-0.05, 0) is 24.6 Å². The van der Waals surface area contributed by atoms with Gasteiger partial charge in [0.05, 0.1) is 0 Å². The van der Waals surface area contributed by atoms with Gasteiger partial charge in [0.25, 0.3) is 0 Å². The van der Waals surface area contributed by atoms with Crippen LogP contribution in [-0.2, 0) is 6.54 Å². The van der Waals surface area contributed by atoms with Crippen LogP contribution in [-0.4, -0.2) is 12.0 Å². The van der Waals surface area contributed by atoms with Crippen LogP contribution in [0.3, 0.4) is 0 Å². The third kappa shape index (κ3) is 3.25. The third-order valence-electron chi connectivity index (χ3n) is 3.03. The number of nitrogens with two attached hydrogens (primary N) is 1. The topological polar surface area (TPSA) is 42.1 Å². The Hall–Kier alpha value is -1.58. The van der Waals surface area contributed by atoms with Crippen molar-refractivity contribution in [1.29, 1.82) is 0 Å². The fourth-order valence-electron chi connectivity index (χ4n) is 2.04. The molecule has 2 N–H and O–H groups in total. The molecule has 100 valence electrons. The first-order valence-electron chi connectivity index (χ1n) is 6.24. The molecule has 2 rings (SSSR count). The Balaban J connectivity index is 2.26. The first-order chi connectivity index (χ1) is 9.09. The maximum absolute atomic E-state index is 6.19. The lowest BCUT2D eigenvalue weighted by molar-refractivity contribution is 0.788. The second-order valence-corrected chi connectivity index (χ2v) is 5.06. The highest BCUT2D eigenvalue weighted by Gasteiger charge is 2.12. The molecule has 0 radical (unpaired) electrons. The molecule has 0 aliphatic rings. The van der Waals surface area contributed by atoms with Gasteiger partial charge in [0, 0.05) is 36.4 Å². The molecular weight excluding hydrogens is 258 g/mol. The summed E-state index contributed by atoms with van der Waals surface area (Å²) in [6.07, 6.45) is 1.78. The van der Waals surface area contributed by atoms with E-state index in [2.05, 4.69) is 9.88 Å². The Morgan fingerprint density at radius 3 is 2.68 bits per heavy atom. The van der Waals surface area contributed by atoms with Gasteiger partial charge in [-0.2, -0.15) is 0 Å². The number of hydrogen-bond donors (Lipinski definition) is 1.